The predicted octanol–water partition coefficient (Wildman–Crippen LogP) is 4.62. The molecule has 2 fully saturated rings. The largest absolute Gasteiger partial charge is 0.389 e. The minimum atomic E-state index is -0.800. The molecule has 0 aromatic carbocycles. The van der Waals surface area contributed by atoms with Gasteiger partial charge in [0.1, 0.15) is 16.9 Å². The Morgan fingerprint density at radius 2 is 2.05 bits per heavy atom. The summed E-state index contributed by atoms with van der Waals surface area (Å²) in [6.07, 6.45) is 11.3. The van der Waals surface area contributed by atoms with Gasteiger partial charge in [0.15, 0.2) is 22.9 Å². The monoisotopic (exact) mass is 613 g/mol. The van der Waals surface area contributed by atoms with E-state index in [0.717, 1.165) is 111 Å². The highest BCUT2D eigenvalue weighted by Gasteiger charge is 2.49. The maximum Gasteiger partial charge on any atom is 0.186 e. The van der Waals surface area contributed by atoms with Crippen molar-refractivity contribution in [1.82, 2.24) is 30.2 Å². The number of thiophene rings is 1. The third-order valence-corrected chi connectivity index (χ3v) is 11.6. The zero-order valence-electron chi connectivity index (χ0n) is 25.4. The number of aromatic nitrogens is 5. The zero-order chi connectivity index (χ0) is 30.2. The topological polar surface area (TPSA) is 155 Å². The van der Waals surface area contributed by atoms with Crippen molar-refractivity contribution in [2.75, 3.05) is 30.3 Å². The van der Waals surface area contributed by atoms with E-state index in [1.807, 2.05) is 17.8 Å². The van der Waals surface area contributed by atoms with Crippen molar-refractivity contribution in [3.63, 3.8) is 0 Å². The average Bonchev–Trinajstić information content (AvgIpc) is 3.81. The summed E-state index contributed by atoms with van der Waals surface area (Å²) in [6, 6.07) is 2.84. The number of nitriles is 1. The Hall–Kier alpha value is -3.53. The fourth-order valence-electron chi connectivity index (χ4n) is 8.47. The molecule has 0 radical (unpaired) electrons. The number of hydrogen-bond donors (Lipinski definition) is 3. The van der Waals surface area contributed by atoms with E-state index in [0.29, 0.717) is 34.7 Å². The maximum atomic E-state index is 11.0. The molecule has 8 rings (SSSR count). The maximum absolute atomic E-state index is 11.0. The van der Waals surface area contributed by atoms with E-state index < -0.39 is 11.0 Å². The summed E-state index contributed by atoms with van der Waals surface area (Å²) in [5, 5.41) is 35.8. The Morgan fingerprint density at radius 3 is 2.82 bits per heavy atom. The second-order valence-electron chi connectivity index (χ2n) is 13.5. The SMILES string of the molecule is C[C@@H]([C@@H]1CCCN1)n1ncc2c(N3CCC[C@@](C)(O)C3)nc(-c3noc4c3CCC[C@@]43CCCc4sc(N)c(C#N)c43)nc21. The van der Waals surface area contributed by atoms with Crippen molar-refractivity contribution < 1.29 is 9.63 Å². The van der Waals surface area contributed by atoms with E-state index in [1.165, 1.54) is 4.88 Å². The highest BCUT2D eigenvalue weighted by atomic mass is 32.1. The Kier molecular flexibility index (Phi) is 6.52. The minimum absolute atomic E-state index is 0.110. The summed E-state index contributed by atoms with van der Waals surface area (Å²) >= 11 is 1.55. The van der Waals surface area contributed by atoms with Crippen LogP contribution in [0.4, 0.5) is 10.8 Å². The van der Waals surface area contributed by atoms with E-state index in [2.05, 4.69) is 23.2 Å². The molecular weight excluding hydrogens is 574 g/mol. The molecule has 1 spiro atoms. The molecule has 4 aliphatic rings. The van der Waals surface area contributed by atoms with Crippen molar-refractivity contribution in [3.05, 3.63) is 33.5 Å². The van der Waals surface area contributed by atoms with E-state index in [1.54, 1.807) is 11.3 Å². The molecule has 0 amide bonds. The molecule has 0 unspecified atom stereocenters. The van der Waals surface area contributed by atoms with Crippen molar-refractivity contribution in [2.45, 2.75) is 101 Å². The van der Waals surface area contributed by atoms with Gasteiger partial charge in [0.2, 0.25) is 0 Å². The van der Waals surface area contributed by atoms with Crippen molar-refractivity contribution in [1.29, 1.82) is 5.26 Å². The van der Waals surface area contributed by atoms with E-state index >= 15 is 0 Å². The first kappa shape index (κ1) is 28.0. The van der Waals surface area contributed by atoms with Crippen molar-refractivity contribution in [3.8, 4) is 17.6 Å². The van der Waals surface area contributed by atoms with Gasteiger partial charge < -0.3 is 25.6 Å². The lowest BCUT2D eigenvalue weighted by Crippen LogP contribution is -2.46. The number of aryl methyl sites for hydroxylation is 1. The van der Waals surface area contributed by atoms with Gasteiger partial charge in [-0.3, -0.25) is 0 Å². The molecule has 2 aliphatic heterocycles. The van der Waals surface area contributed by atoms with Crippen LogP contribution in [0.3, 0.4) is 0 Å². The van der Waals surface area contributed by atoms with E-state index in [4.69, 9.17) is 30.5 Å². The number of hydrogen-bond acceptors (Lipinski definition) is 11. The number of aliphatic hydroxyl groups is 1. The van der Waals surface area contributed by atoms with Crippen LogP contribution in [0.2, 0.25) is 0 Å². The Morgan fingerprint density at radius 1 is 1.20 bits per heavy atom. The molecule has 44 heavy (non-hydrogen) atoms. The third-order valence-electron chi connectivity index (χ3n) is 10.5. The first-order chi connectivity index (χ1) is 21.3. The van der Waals surface area contributed by atoms with E-state index in [9.17, 15) is 10.4 Å². The molecule has 11 nitrogen and oxygen atoms in total. The first-order valence-electron chi connectivity index (χ1n) is 16.1. The Bertz CT molecular complexity index is 1790. The summed E-state index contributed by atoms with van der Waals surface area (Å²) in [7, 11) is 0. The van der Waals surface area contributed by atoms with Gasteiger partial charge in [-0.05, 0) is 90.2 Å². The van der Waals surface area contributed by atoms with Crippen LogP contribution in [0.5, 0.6) is 0 Å². The summed E-state index contributed by atoms with van der Waals surface area (Å²) in [4.78, 5) is 13.7. The van der Waals surface area contributed by atoms with Crippen molar-refractivity contribution in [2.24, 2.45) is 0 Å². The summed E-state index contributed by atoms with van der Waals surface area (Å²) < 4.78 is 8.34. The van der Waals surface area contributed by atoms with Crippen LogP contribution in [0, 0.1) is 11.3 Å². The lowest BCUT2D eigenvalue weighted by molar-refractivity contribution is 0.0448. The number of β-amino-alcohol motifs (C(OH)–C–C–N with tert-alkyl or cyclic N) is 1. The molecule has 0 bridgehead atoms. The van der Waals surface area contributed by atoms with E-state index in [-0.39, 0.29) is 6.04 Å². The number of fused-ring (bicyclic) bond motifs is 5. The number of piperidine rings is 1. The highest BCUT2D eigenvalue weighted by Crippen LogP contribution is 2.55. The van der Waals surface area contributed by atoms with Gasteiger partial charge in [0, 0.05) is 29.6 Å². The van der Waals surface area contributed by atoms with Crippen LogP contribution in [-0.4, -0.2) is 61.3 Å². The Labute approximate surface area is 260 Å². The minimum Gasteiger partial charge on any atom is -0.389 e. The molecule has 230 valence electrons. The molecule has 4 atom stereocenters. The normalized spacial score (nSPS) is 27.4. The van der Waals surface area contributed by atoms with Crippen LogP contribution in [0.1, 0.15) is 98.6 Å². The van der Waals surface area contributed by atoms with Gasteiger partial charge in [0.05, 0.1) is 34.2 Å². The van der Waals surface area contributed by atoms with Gasteiger partial charge >= 0.3 is 0 Å². The smallest absolute Gasteiger partial charge is 0.186 e. The quantitative estimate of drug-likeness (QED) is 0.297. The Balaban J connectivity index is 1.30. The van der Waals surface area contributed by atoms with Gasteiger partial charge in [-0.25, -0.2) is 14.6 Å². The van der Waals surface area contributed by atoms with Crippen LogP contribution in [0.25, 0.3) is 22.6 Å². The zero-order valence-corrected chi connectivity index (χ0v) is 26.2. The fraction of sp³-hybridized carbons (Fsp3) is 0.594. The molecular formula is C32H39N9O2S. The second-order valence-corrected chi connectivity index (χ2v) is 14.7. The standard InChI is InChI=1S/C32H39N9O2S/c1-18(22-8-5-13-35-22)41-30-21(16-36-41)29(40-14-6-10-31(2,42)17-40)37-28(38-30)25-19-7-3-11-32(26(19)43-39-25)12-4-9-23-24(32)20(15-33)27(34)44-23/h16,18,22,35,42H,3-14,17,34H2,1-2H3/t18-,22-,31+,32-/m0/s1. The fourth-order valence-corrected chi connectivity index (χ4v) is 9.63. The van der Waals surface area contributed by atoms with Gasteiger partial charge in [-0.1, -0.05) is 5.16 Å². The number of nitrogens with zero attached hydrogens (tertiary/aromatic N) is 7. The first-order valence-corrected chi connectivity index (χ1v) is 16.9. The number of nitrogens with one attached hydrogen (secondary N) is 1. The summed E-state index contributed by atoms with van der Waals surface area (Å²) in [5.41, 5.74) is 9.29. The average molecular weight is 614 g/mol. The molecule has 4 N–H and O–H groups in total. The van der Waals surface area contributed by atoms with Gasteiger partial charge in [-0.15, -0.1) is 11.3 Å². The summed E-state index contributed by atoms with van der Waals surface area (Å²) in [6.45, 7) is 6.40. The molecule has 2 aliphatic carbocycles. The van der Waals surface area contributed by atoms with Gasteiger partial charge in [-0.2, -0.15) is 10.4 Å². The van der Waals surface area contributed by atoms with Crippen LogP contribution in [0.15, 0.2) is 10.7 Å². The molecule has 4 aromatic rings. The molecule has 4 aromatic heterocycles. The second kappa shape index (κ2) is 10.3. The predicted molar refractivity (Wildman–Crippen MR) is 169 cm³/mol. The van der Waals surface area contributed by atoms with Crippen LogP contribution < -0.4 is 16.0 Å². The molecule has 0 saturated carbocycles. The van der Waals surface area contributed by atoms with Crippen LogP contribution >= 0.6 is 11.3 Å². The number of nitrogens with two attached hydrogens (primary N) is 1. The number of anilines is 2. The van der Waals surface area contributed by atoms with Crippen molar-refractivity contribution >= 4 is 33.2 Å². The third kappa shape index (κ3) is 4.19. The molecule has 12 heteroatoms. The lowest BCUT2D eigenvalue weighted by Gasteiger charge is -2.39. The molecule has 2 saturated heterocycles. The number of rotatable bonds is 4. The molecule has 6 heterocycles. The van der Waals surface area contributed by atoms with Crippen LogP contribution in [-0.2, 0) is 18.3 Å². The lowest BCUT2D eigenvalue weighted by atomic mass is 9.63. The highest BCUT2D eigenvalue weighted by molar-refractivity contribution is 7.16. The summed E-state index contributed by atoms with van der Waals surface area (Å²) in [5.74, 6) is 2.15. The van der Waals surface area contributed by atoms with Gasteiger partial charge in [0.25, 0.3) is 0 Å². The number of nitrogen functional groups attached to an aromatic ring is 1.